The maximum Gasteiger partial charge on any atom is 0.116 e. The quantitative estimate of drug-likeness (QED) is 0.611. The van der Waals surface area contributed by atoms with Gasteiger partial charge in [-0.2, -0.15) is 0 Å². The Hall–Kier alpha value is -1.94. The van der Waals surface area contributed by atoms with Crippen molar-refractivity contribution in [2.75, 3.05) is 0 Å². The fourth-order valence-electron chi connectivity index (χ4n) is 1.28. The largest absolute Gasteiger partial charge is 0.508 e. The van der Waals surface area contributed by atoms with Crippen LogP contribution < -0.4 is 0 Å². The Morgan fingerprint density at radius 3 is 2.86 bits per heavy atom. The molecule has 0 aromatic heterocycles. The van der Waals surface area contributed by atoms with Gasteiger partial charge < -0.3 is 5.11 Å². The second kappa shape index (κ2) is 3.85. The summed E-state index contributed by atoms with van der Waals surface area (Å²) in [5.41, 5.74) is 1.96. The Morgan fingerprint density at radius 1 is 1.21 bits per heavy atom. The van der Waals surface area contributed by atoms with Crippen molar-refractivity contribution in [1.29, 1.82) is 0 Å². The summed E-state index contributed by atoms with van der Waals surface area (Å²) in [6, 6.07) is 6.98. The molecule has 1 aromatic rings. The lowest BCUT2D eigenvalue weighted by Crippen LogP contribution is -1.74. The van der Waals surface area contributed by atoms with Gasteiger partial charge in [0.15, 0.2) is 0 Å². The maximum atomic E-state index is 9.21. The lowest BCUT2D eigenvalue weighted by molar-refractivity contribution is 0.475. The molecule has 68 valence electrons. The van der Waals surface area contributed by atoms with E-state index in [2.05, 4.69) is 17.9 Å². The van der Waals surface area contributed by atoms with Crippen LogP contribution in [0.25, 0.3) is 0 Å². The smallest absolute Gasteiger partial charge is 0.116 e. The summed E-state index contributed by atoms with van der Waals surface area (Å²) in [7, 11) is 0. The van der Waals surface area contributed by atoms with Crippen molar-refractivity contribution in [1.82, 2.24) is 0 Å². The summed E-state index contributed by atoms with van der Waals surface area (Å²) in [6.07, 6.45) is 7.01. The van der Waals surface area contributed by atoms with Gasteiger partial charge in [-0.05, 0) is 24.6 Å². The van der Waals surface area contributed by atoms with E-state index in [-0.39, 0.29) is 5.75 Å². The number of hydrogen-bond acceptors (Lipinski definition) is 1. The fourth-order valence-corrected chi connectivity index (χ4v) is 1.28. The normalized spacial score (nSPS) is 13.3. The van der Waals surface area contributed by atoms with Crippen molar-refractivity contribution in [3.63, 3.8) is 0 Å². The van der Waals surface area contributed by atoms with Gasteiger partial charge in [0.25, 0.3) is 0 Å². The van der Waals surface area contributed by atoms with Crippen molar-refractivity contribution in [3.8, 4) is 17.6 Å². The third-order valence-electron chi connectivity index (χ3n) is 1.98. The van der Waals surface area contributed by atoms with Crippen LogP contribution in [0, 0.1) is 11.8 Å². The van der Waals surface area contributed by atoms with E-state index < -0.39 is 0 Å². The average molecular weight is 182 g/mol. The van der Waals surface area contributed by atoms with Gasteiger partial charge in [-0.25, -0.2) is 0 Å². The van der Waals surface area contributed by atoms with Crippen LogP contribution in [-0.4, -0.2) is 5.11 Å². The molecule has 1 nitrogen and oxygen atoms in total. The number of allylic oxidation sites excluding steroid dienone is 4. The van der Waals surface area contributed by atoms with Crippen LogP contribution in [-0.2, 0) is 0 Å². The molecule has 0 fully saturated rings. The van der Waals surface area contributed by atoms with E-state index in [9.17, 15) is 5.11 Å². The molecule has 0 aliphatic heterocycles. The van der Waals surface area contributed by atoms with E-state index in [0.29, 0.717) is 0 Å². The van der Waals surface area contributed by atoms with E-state index in [1.807, 2.05) is 18.2 Å². The Labute approximate surface area is 83.4 Å². The van der Waals surface area contributed by atoms with Gasteiger partial charge in [0.1, 0.15) is 5.75 Å². The van der Waals surface area contributed by atoms with Crippen LogP contribution >= 0.6 is 0 Å². The molecular weight excluding hydrogens is 172 g/mol. The van der Waals surface area contributed by atoms with Gasteiger partial charge in [0, 0.05) is 11.1 Å². The van der Waals surface area contributed by atoms with Crippen molar-refractivity contribution in [3.05, 3.63) is 53.6 Å². The predicted molar refractivity (Wildman–Crippen MR) is 56.8 cm³/mol. The molecule has 0 saturated carbocycles. The van der Waals surface area contributed by atoms with Crippen LogP contribution in [0.5, 0.6) is 5.75 Å². The highest BCUT2D eigenvalue weighted by molar-refractivity contribution is 5.46. The molecule has 0 unspecified atom stereocenters. The molecule has 0 radical (unpaired) electrons. The summed E-state index contributed by atoms with van der Waals surface area (Å²) in [6.45, 7) is 0. The fraction of sp³-hybridized carbons (Fsp3) is 0.0769. The van der Waals surface area contributed by atoms with Gasteiger partial charge >= 0.3 is 0 Å². The molecule has 0 bridgehead atoms. The molecule has 1 heteroatoms. The highest BCUT2D eigenvalue weighted by atomic mass is 16.3. The monoisotopic (exact) mass is 182 g/mol. The molecule has 1 N–H and O–H groups in total. The number of phenols is 1. The van der Waals surface area contributed by atoms with Gasteiger partial charge in [-0.1, -0.05) is 36.1 Å². The SMILES string of the molecule is Oc1cccc(C#CC2=CC=CC2)c1. The molecule has 0 saturated heterocycles. The first-order chi connectivity index (χ1) is 6.84. The minimum absolute atomic E-state index is 0.260. The first-order valence-electron chi connectivity index (χ1n) is 4.51. The lowest BCUT2D eigenvalue weighted by Gasteiger charge is -1.91. The van der Waals surface area contributed by atoms with Crippen LogP contribution in [0.1, 0.15) is 12.0 Å². The molecule has 2 rings (SSSR count). The van der Waals surface area contributed by atoms with Crippen LogP contribution in [0.15, 0.2) is 48.1 Å². The van der Waals surface area contributed by atoms with Gasteiger partial charge in [0.05, 0.1) is 0 Å². The van der Waals surface area contributed by atoms with E-state index in [4.69, 9.17) is 0 Å². The van der Waals surface area contributed by atoms with Crippen LogP contribution in [0.2, 0.25) is 0 Å². The molecule has 1 aliphatic rings. The summed E-state index contributed by atoms with van der Waals surface area (Å²) in [4.78, 5) is 0. The van der Waals surface area contributed by atoms with E-state index in [1.165, 1.54) is 0 Å². The number of hydrogen-bond donors (Lipinski definition) is 1. The van der Waals surface area contributed by atoms with E-state index in [0.717, 1.165) is 17.6 Å². The van der Waals surface area contributed by atoms with Gasteiger partial charge in [-0.15, -0.1) is 0 Å². The first-order valence-corrected chi connectivity index (χ1v) is 4.51. The lowest BCUT2D eigenvalue weighted by atomic mass is 10.2. The molecular formula is C13H10O. The van der Waals surface area contributed by atoms with E-state index >= 15 is 0 Å². The van der Waals surface area contributed by atoms with Crippen LogP contribution in [0.3, 0.4) is 0 Å². The second-order valence-corrected chi connectivity index (χ2v) is 3.12. The third-order valence-corrected chi connectivity index (χ3v) is 1.98. The number of benzene rings is 1. The molecule has 0 amide bonds. The topological polar surface area (TPSA) is 20.2 Å². The molecule has 14 heavy (non-hydrogen) atoms. The highest BCUT2D eigenvalue weighted by Gasteiger charge is 1.93. The minimum Gasteiger partial charge on any atom is -0.508 e. The standard InChI is InChI=1S/C13H10O/c14-13-7-3-6-12(10-13)9-8-11-4-1-2-5-11/h1-4,6-7,10,14H,5H2. The summed E-state index contributed by atoms with van der Waals surface area (Å²) in [5.74, 6) is 6.33. The number of rotatable bonds is 0. The Balaban J connectivity index is 2.17. The molecule has 0 heterocycles. The predicted octanol–water partition coefficient (Wildman–Crippen LogP) is 2.63. The van der Waals surface area contributed by atoms with Gasteiger partial charge in [0.2, 0.25) is 0 Å². The third kappa shape index (κ3) is 2.05. The zero-order valence-corrected chi connectivity index (χ0v) is 7.70. The number of aromatic hydroxyl groups is 1. The second-order valence-electron chi connectivity index (χ2n) is 3.12. The average Bonchev–Trinajstić information content (AvgIpc) is 2.67. The summed E-state index contributed by atoms with van der Waals surface area (Å²) in [5, 5.41) is 9.21. The molecule has 1 aromatic carbocycles. The first kappa shape index (κ1) is 8.65. The summed E-state index contributed by atoms with van der Waals surface area (Å²) < 4.78 is 0. The van der Waals surface area contributed by atoms with Crippen molar-refractivity contribution in [2.45, 2.75) is 6.42 Å². The molecule has 0 spiro atoms. The minimum atomic E-state index is 0.260. The molecule has 1 aliphatic carbocycles. The number of phenolic OH excluding ortho intramolecular Hbond substituents is 1. The van der Waals surface area contributed by atoms with Crippen molar-refractivity contribution in [2.24, 2.45) is 0 Å². The van der Waals surface area contributed by atoms with Gasteiger partial charge in [-0.3, -0.25) is 0 Å². The van der Waals surface area contributed by atoms with Crippen molar-refractivity contribution >= 4 is 0 Å². The zero-order chi connectivity index (χ0) is 9.80. The van der Waals surface area contributed by atoms with E-state index in [1.54, 1.807) is 18.2 Å². The Bertz CT molecular complexity index is 456. The van der Waals surface area contributed by atoms with Crippen molar-refractivity contribution < 1.29 is 5.11 Å². The van der Waals surface area contributed by atoms with Crippen LogP contribution in [0.4, 0.5) is 0 Å². The zero-order valence-electron chi connectivity index (χ0n) is 7.70. The Kier molecular flexibility index (Phi) is 2.38. The Morgan fingerprint density at radius 2 is 2.14 bits per heavy atom. The molecule has 0 atom stereocenters. The highest BCUT2D eigenvalue weighted by Crippen LogP contribution is 2.11. The maximum absolute atomic E-state index is 9.21. The summed E-state index contributed by atoms with van der Waals surface area (Å²) >= 11 is 0.